The highest BCUT2D eigenvalue weighted by atomic mass is 16.3. The van der Waals surface area contributed by atoms with Crippen molar-refractivity contribution in [2.24, 2.45) is 0 Å². The van der Waals surface area contributed by atoms with Gasteiger partial charge >= 0.3 is 0 Å². The standard InChI is InChI=1S/C18H32N4O2/c1-2-20(7-8-21(11-13-23)12-14-24)9-10-22-6-5-16-3-4-17(19)15-18(16)22/h3-4,15,23-24H,2,5-14,19H2,1H3/p+1. The van der Waals surface area contributed by atoms with Crippen molar-refractivity contribution in [3.05, 3.63) is 23.8 Å². The molecule has 24 heavy (non-hydrogen) atoms. The van der Waals surface area contributed by atoms with E-state index in [1.807, 2.05) is 6.07 Å². The third-order valence-electron chi connectivity index (χ3n) is 4.95. The molecule has 0 amide bonds. The number of aliphatic hydroxyl groups is 2. The molecule has 6 heteroatoms. The van der Waals surface area contributed by atoms with Crippen LogP contribution in [0.25, 0.3) is 0 Å². The van der Waals surface area contributed by atoms with E-state index in [0.717, 1.165) is 51.4 Å². The minimum atomic E-state index is 0.174. The Morgan fingerprint density at radius 3 is 2.58 bits per heavy atom. The third-order valence-corrected chi connectivity index (χ3v) is 4.95. The molecule has 5 N–H and O–H groups in total. The Bertz CT molecular complexity index is 492. The molecule has 1 aromatic carbocycles. The van der Waals surface area contributed by atoms with Gasteiger partial charge in [-0.3, -0.25) is 4.90 Å². The van der Waals surface area contributed by atoms with E-state index in [4.69, 9.17) is 15.9 Å². The molecule has 0 bridgehead atoms. The Morgan fingerprint density at radius 1 is 1.17 bits per heavy atom. The van der Waals surface area contributed by atoms with Gasteiger partial charge in [-0.1, -0.05) is 13.0 Å². The molecule has 1 heterocycles. The van der Waals surface area contributed by atoms with Gasteiger partial charge < -0.3 is 25.7 Å². The zero-order chi connectivity index (χ0) is 17.4. The Hall–Kier alpha value is -1.34. The topological polar surface area (TPSA) is 77.4 Å². The number of nitrogens with zero attached hydrogens (tertiary/aromatic N) is 2. The number of fused-ring (bicyclic) bond motifs is 1. The first kappa shape index (κ1) is 19.0. The van der Waals surface area contributed by atoms with Crippen molar-refractivity contribution in [2.75, 3.05) is 76.2 Å². The van der Waals surface area contributed by atoms with Gasteiger partial charge in [0.15, 0.2) is 0 Å². The molecule has 6 nitrogen and oxygen atoms in total. The number of rotatable bonds is 11. The van der Waals surface area contributed by atoms with Crippen LogP contribution in [0.1, 0.15) is 12.5 Å². The summed E-state index contributed by atoms with van der Waals surface area (Å²) in [5.74, 6) is 0. The summed E-state index contributed by atoms with van der Waals surface area (Å²) in [7, 11) is 0. The predicted octanol–water partition coefficient (Wildman–Crippen LogP) is -1.18. The largest absolute Gasteiger partial charge is 0.399 e. The van der Waals surface area contributed by atoms with Crippen molar-refractivity contribution in [2.45, 2.75) is 13.3 Å². The van der Waals surface area contributed by atoms with E-state index in [-0.39, 0.29) is 13.2 Å². The zero-order valence-electron chi connectivity index (χ0n) is 14.9. The zero-order valence-corrected chi connectivity index (χ0v) is 14.9. The maximum atomic E-state index is 9.12. The van der Waals surface area contributed by atoms with Crippen molar-refractivity contribution in [1.82, 2.24) is 4.90 Å². The maximum absolute atomic E-state index is 9.12. The summed E-state index contributed by atoms with van der Waals surface area (Å²) in [6.07, 6.45) is 1.10. The average molecular weight is 337 g/mol. The van der Waals surface area contributed by atoms with Gasteiger partial charge in [-0.2, -0.15) is 0 Å². The number of hydrogen-bond acceptors (Lipinski definition) is 5. The van der Waals surface area contributed by atoms with Gasteiger partial charge in [-0.05, 0) is 30.7 Å². The molecule has 0 aliphatic carbocycles. The van der Waals surface area contributed by atoms with Crippen LogP contribution < -0.4 is 15.5 Å². The van der Waals surface area contributed by atoms with Gasteiger partial charge in [0.25, 0.3) is 0 Å². The normalized spacial score (nSPS) is 14.0. The average Bonchev–Trinajstić information content (AvgIpc) is 2.97. The number of nitrogen functional groups attached to an aromatic ring is 1. The van der Waals surface area contributed by atoms with Crippen LogP contribution in [0.5, 0.6) is 0 Å². The number of hydrogen-bond donors (Lipinski definition) is 4. The minimum Gasteiger partial charge on any atom is -0.399 e. The van der Waals surface area contributed by atoms with Gasteiger partial charge in [0.1, 0.15) is 13.1 Å². The van der Waals surface area contributed by atoms with Crippen LogP contribution in [0, 0.1) is 0 Å². The lowest BCUT2D eigenvalue weighted by molar-refractivity contribution is -0.900. The number of likely N-dealkylation sites (N-methyl/N-ethyl adjacent to an activating group) is 1. The first-order valence-corrected chi connectivity index (χ1v) is 9.09. The Morgan fingerprint density at radius 2 is 1.92 bits per heavy atom. The number of nitrogens with one attached hydrogen (secondary N) is 1. The fourth-order valence-corrected chi connectivity index (χ4v) is 3.39. The molecular weight excluding hydrogens is 304 g/mol. The van der Waals surface area contributed by atoms with Gasteiger partial charge in [0, 0.05) is 37.6 Å². The van der Waals surface area contributed by atoms with Crippen LogP contribution in [0.3, 0.4) is 0 Å². The van der Waals surface area contributed by atoms with Gasteiger partial charge in [-0.25, -0.2) is 0 Å². The van der Waals surface area contributed by atoms with Gasteiger partial charge in [0.2, 0.25) is 0 Å². The Balaban J connectivity index is 1.81. The molecule has 0 fully saturated rings. The second-order valence-corrected chi connectivity index (χ2v) is 6.51. The molecule has 0 saturated heterocycles. The summed E-state index contributed by atoms with van der Waals surface area (Å²) >= 11 is 0. The highest BCUT2D eigenvalue weighted by Gasteiger charge is 2.19. The first-order valence-electron chi connectivity index (χ1n) is 9.09. The Kier molecular flexibility index (Phi) is 7.78. The fourth-order valence-electron chi connectivity index (χ4n) is 3.39. The minimum absolute atomic E-state index is 0.174. The summed E-state index contributed by atoms with van der Waals surface area (Å²) in [4.78, 5) is 6.14. The van der Waals surface area contributed by atoms with Crippen molar-refractivity contribution in [1.29, 1.82) is 0 Å². The number of nitrogens with two attached hydrogens (primary N) is 1. The number of quaternary nitrogens is 1. The highest BCUT2D eigenvalue weighted by Crippen LogP contribution is 2.29. The van der Waals surface area contributed by atoms with E-state index < -0.39 is 0 Å². The van der Waals surface area contributed by atoms with Crippen LogP contribution in [0.4, 0.5) is 11.4 Å². The smallest absolute Gasteiger partial charge is 0.101 e. The van der Waals surface area contributed by atoms with Crippen molar-refractivity contribution < 1.29 is 15.1 Å². The highest BCUT2D eigenvalue weighted by molar-refractivity contribution is 5.64. The molecule has 1 aliphatic heterocycles. The summed E-state index contributed by atoms with van der Waals surface area (Å²) in [6, 6.07) is 6.22. The van der Waals surface area contributed by atoms with E-state index >= 15 is 0 Å². The molecular formula is C18H33N4O2+. The van der Waals surface area contributed by atoms with Crippen LogP contribution in [0.2, 0.25) is 0 Å². The number of anilines is 2. The van der Waals surface area contributed by atoms with Gasteiger partial charge in [-0.15, -0.1) is 0 Å². The van der Waals surface area contributed by atoms with E-state index in [2.05, 4.69) is 28.9 Å². The second kappa shape index (κ2) is 9.84. The Labute approximate surface area is 145 Å². The van der Waals surface area contributed by atoms with E-state index in [0.29, 0.717) is 13.1 Å². The first-order chi connectivity index (χ1) is 11.7. The fraction of sp³-hybridized carbons (Fsp3) is 0.667. The number of benzene rings is 1. The lowest BCUT2D eigenvalue weighted by Crippen LogP contribution is -3.13. The molecule has 0 unspecified atom stereocenters. The number of aliphatic hydroxyl groups excluding tert-OH is 2. The summed E-state index contributed by atoms with van der Waals surface area (Å²) in [6.45, 7) is 10.0. The predicted molar refractivity (Wildman–Crippen MR) is 98.6 cm³/mol. The molecule has 1 aliphatic rings. The van der Waals surface area contributed by atoms with Gasteiger partial charge in [0.05, 0.1) is 19.8 Å². The van der Waals surface area contributed by atoms with Crippen LogP contribution >= 0.6 is 0 Å². The van der Waals surface area contributed by atoms with Crippen LogP contribution in [-0.2, 0) is 6.42 Å². The molecule has 136 valence electrons. The van der Waals surface area contributed by atoms with Crippen molar-refractivity contribution >= 4 is 11.4 Å². The quantitative estimate of drug-likeness (QED) is 0.383. The second-order valence-electron chi connectivity index (χ2n) is 6.51. The molecule has 2 rings (SSSR count). The maximum Gasteiger partial charge on any atom is 0.101 e. The molecule has 0 aromatic heterocycles. The lowest BCUT2D eigenvalue weighted by atomic mass is 10.1. The summed E-state index contributed by atoms with van der Waals surface area (Å²) < 4.78 is 0. The van der Waals surface area contributed by atoms with Crippen molar-refractivity contribution in [3.63, 3.8) is 0 Å². The SMILES string of the molecule is CCN(CCN1CCc2ccc(N)cc21)CC[NH+](CCO)CCO. The van der Waals surface area contributed by atoms with Crippen molar-refractivity contribution in [3.8, 4) is 0 Å². The van der Waals surface area contributed by atoms with E-state index in [9.17, 15) is 0 Å². The summed E-state index contributed by atoms with van der Waals surface area (Å²) in [5.41, 5.74) is 9.45. The summed E-state index contributed by atoms with van der Waals surface area (Å²) in [5, 5.41) is 18.2. The lowest BCUT2D eigenvalue weighted by Gasteiger charge is -2.27. The molecule has 0 saturated carbocycles. The van der Waals surface area contributed by atoms with E-state index in [1.165, 1.54) is 16.2 Å². The monoisotopic (exact) mass is 337 g/mol. The van der Waals surface area contributed by atoms with Crippen LogP contribution in [0.15, 0.2) is 18.2 Å². The van der Waals surface area contributed by atoms with Crippen LogP contribution in [-0.4, -0.2) is 80.7 Å². The van der Waals surface area contributed by atoms with E-state index in [1.54, 1.807) is 0 Å². The molecule has 1 aromatic rings. The molecule has 0 atom stereocenters. The molecule has 0 radical (unpaired) electrons. The molecule has 0 spiro atoms. The third kappa shape index (κ3) is 5.34.